The van der Waals surface area contributed by atoms with Gasteiger partial charge in [0, 0.05) is 38.9 Å². The van der Waals surface area contributed by atoms with Gasteiger partial charge in [-0.15, -0.1) is 11.8 Å². The number of amides is 2. The molecule has 0 bridgehead atoms. The van der Waals surface area contributed by atoms with Crippen LogP contribution in [-0.2, 0) is 14.4 Å². The summed E-state index contributed by atoms with van der Waals surface area (Å²) in [6, 6.07) is 0. The number of hydrogen-bond acceptors (Lipinski definition) is 5. The summed E-state index contributed by atoms with van der Waals surface area (Å²) in [7, 11) is 3.54. The topological polar surface area (TPSA) is 78.5 Å². The van der Waals surface area contributed by atoms with Gasteiger partial charge in [0.2, 0.25) is 12.3 Å². The van der Waals surface area contributed by atoms with E-state index in [-0.39, 0.29) is 17.6 Å². The van der Waals surface area contributed by atoms with Crippen LogP contribution >= 0.6 is 11.8 Å². The fraction of sp³-hybridized carbons (Fsp3) is 0.727. The molecule has 0 saturated carbocycles. The highest BCUT2D eigenvalue weighted by Crippen LogP contribution is 2.12. The minimum absolute atomic E-state index is 0.0433. The van der Waals surface area contributed by atoms with Gasteiger partial charge in [-0.05, 0) is 7.05 Å². The van der Waals surface area contributed by atoms with E-state index in [2.05, 4.69) is 10.6 Å². The Morgan fingerprint density at radius 1 is 1.39 bits per heavy atom. The number of nitrogens with one attached hydrogen (secondary N) is 2. The molecule has 104 valence electrons. The van der Waals surface area contributed by atoms with E-state index >= 15 is 0 Å². The molecule has 0 aliphatic carbocycles. The minimum Gasteiger partial charge on any atom is -0.358 e. The van der Waals surface area contributed by atoms with Crippen molar-refractivity contribution >= 4 is 30.4 Å². The molecule has 2 amide bonds. The molecule has 1 atom stereocenters. The van der Waals surface area contributed by atoms with Crippen LogP contribution in [0.25, 0.3) is 0 Å². The predicted molar refractivity (Wildman–Crippen MR) is 72.6 cm³/mol. The summed E-state index contributed by atoms with van der Waals surface area (Å²) < 4.78 is 0. The number of thioether (sulfide) groups is 1. The number of likely N-dealkylation sites (N-methyl/N-ethyl adjacent to an activating group) is 2. The lowest BCUT2D eigenvalue weighted by molar-refractivity contribution is -0.130. The van der Waals surface area contributed by atoms with Crippen molar-refractivity contribution in [3.63, 3.8) is 0 Å². The highest BCUT2D eigenvalue weighted by molar-refractivity contribution is 8.00. The largest absolute Gasteiger partial charge is 0.358 e. The summed E-state index contributed by atoms with van der Waals surface area (Å²) in [5.41, 5.74) is 0. The SMILES string of the molecule is CNCCN(C)C(=O)CC(C=O)SCCNC=O. The summed E-state index contributed by atoms with van der Waals surface area (Å²) >= 11 is 1.38. The first-order valence-electron chi connectivity index (χ1n) is 5.78. The van der Waals surface area contributed by atoms with E-state index in [1.807, 2.05) is 7.05 Å². The molecular formula is C11H21N3O3S. The first kappa shape index (κ1) is 16.9. The molecule has 0 fully saturated rings. The molecular weight excluding hydrogens is 254 g/mol. The van der Waals surface area contributed by atoms with Gasteiger partial charge < -0.3 is 20.3 Å². The van der Waals surface area contributed by atoms with Crippen LogP contribution < -0.4 is 10.6 Å². The summed E-state index contributed by atoms with van der Waals surface area (Å²) in [5.74, 6) is 0.577. The van der Waals surface area contributed by atoms with Gasteiger partial charge in [-0.25, -0.2) is 0 Å². The van der Waals surface area contributed by atoms with E-state index in [1.54, 1.807) is 11.9 Å². The number of aldehydes is 1. The van der Waals surface area contributed by atoms with Crippen molar-refractivity contribution in [1.82, 2.24) is 15.5 Å². The maximum Gasteiger partial charge on any atom is 0.223 e. The first-order chi connectivity index (χ1) is 8.65. The van der Waals surface area contributed by atoms with Crippen LogP contribution in [0.1, 0.15) is 6.42 Å². The second-order valence-electron chi connectivity index (χ2n) is 3.74. The Hall–Kier alpha value is -1.08. The van der Waals surface area contributed by atoms with Crippen molar-refractivity contribution in [2.45, 2.75) is 11.7 Å². The van der Waals surface area contributed by atoms with E-state index in [1.165, 1.54) is 11.8 Å². The van der Waals surface area contributed by atoms with Gasteiger partial charge in [0.25, 0.3) is 0 Å². The molecule has 0 aromatic heterocycles. The monoisotopic (exact) mass is 275 g/mol. The molecule has 6 nitrogen and oxygen atoms in total. The molecule has 0 rings (SSSR count). The van der Waals surface area contributed by atoms with Crippen molar-refractivity contribution in [2.75, 3.05) is 39.5 Å². The third kappa shape index (κ3) is 8.08. The molecule has 0 saturated heterocycles. The molecule has 0 spiro atoms. The Kier molecular flexibility index (Phi) is 10.4. The van der Waals surface area contributed by atoms with E-state index in [4.69, 9.17) is 0 Å². The lowest BCUT2D eigenvalue weighted by atomic mass is 10.3. The maximum absolute atomic E-state index is 11.8. The van der Waals surface area contributed by atoms with Gasteiger partial charge in [-0.2, -0.15) is 0 Å². The van der Waals surface area contributed by atoms with Crippen LogP contribution in [0.4, 0.5) is 0 Å². The maximum atomic E-state index is 11.8. The molecule has 2 N–H and O–H groups in total. The fourth-order valence-corrected chi connectivity index (χ4v) is 2.08. The van der Waals surface area contributed by atoms with Crippen molar-refractivity contribution in [2.24, 2.45) is 0 Å². The van der Waals surface area contributed by atoms with Crippen LogP contribution in [0.2, 0.25) is 0 Å². The average Bonchev–Trinajstić information content (AvgIpc) is 2.39. The van der Waals surface area contributed by atoms with Crippen LogP contribution in [0.5, 0.6) is 0 Å². The second kappa shape index (κ2) is 11.0. The Morgan fingerprint density at radius 2 is 2.11 bits per heavy atom. The number of rotatable bonds is 11. The Labute approximate surface area is 112 Å². The highest BCUT2D eigenvalue weighted by atomic mass is 32.2. The van der Waals surface area contributed by atoms with Crippen LogP contribution in [0.3, 0.4) is 0 Å². The third-order valence-corrected chi connectivity index (χ3v) is 3.46. The summed E-state index contributed by atoms with van der Waals surface area (Å²) in [6.45, 7) is 1.85. The lowest BCUT2D eigenvalue weighted by Gasteiger charge is -2.18. The second-order valence-corrected chi connectivity index (χ2v) is 5.09. The zero-order chi connectivity index (χ0) is 13.8. The van der Waals surface area contributed by atoms with E-state index in [0.29, 0.717) is 25.3 Å². The van der Waals surface area contributed by atoms with Crippen LogP contribution in [0, 0.1) is 0 Å². The number of carbonyl (C=O) groups excluding carboxylic acids is 3. The van der Waals surface area contributed by atoms with Crippen LogP contribution in [-0.4, -0.2) is 68.2 Å². The smallest absolute Gasteiger partial charge is 0.223 e. The molecule has 0 aromatic rings. The number of carbonyl (C=O) groups is 3. The Bertz CT molecular complexity index is 264. The molecule has 7 heteroatoms. The van der Waals surface area contributed by atoms with Gasteiger partial charge in [0.1, 0.15) is 6.29 Å². The van der Waals surface area contributed by atoms with E-state index in [0.717, 1.165) is 12.8 Å². The third-order valence-electron chi connectivity index (χ3n) is 2.31. The number of nitrogens with zero attached hydrogens (tertiary/aromatic N) is 1. The van der Waals surface area contributed by atoms with Crippen LogP contribution in [0.15, 0.2) is 0 Å². The Morgan fingerprint density at radius 3 is 2.67 bits per heavy atom. The van der Waals surface area contributed by atoms with Crippen molar-refractivity contribution in [3.05, 3.63) is 0 Å². The van der Waals surface area contributed by atoms with E-state index < -0.39 is 0 Å². The lowest BCUT2D eigenvalue weighted by Crippen LogP contribution is -2.34. The normalized spacial score (nSPS) is 11.7. The summed E-state index contributed by atoms with van der Waals surface area (Å²) in [4.78, 5) is 34.2. The average molecular weight is 275 g/mol. The van der Waals surface area contributed by atoms with Crippen molar-refractivity contribution in [1.29, 1.82) is 0 Å². The van der Waals surface area contributed by atoms with Gasteiger partial charge in [0.15, 0.2) is 0 Å². The first-order valence-corrected chi connectivity index (χ1v) is 6.83. The van der Waals surface area contributed by atoms with Crippen molar-refractivity contribution in [3.8, 4) is 0 Å². The molecule has 0 aromatic carbocycles. The summed E-state index contributed by atoms with van der Waals surface area (Å²) in [6.07, 6.45) is 1.61. The zero-order valence-electron chi connectivity index (χ0n) is 10.8. The van der Waals surface area contributed by atoms with E-state index in [9.17, 15) is 14.4 Å². The van der Waals surface area contributed by atoms with Gasteiger partial charge >= 0.3 is 0 Å². The molecule has 0 heterocycles. The predicted octanol–water partition coefficient (Wildman–Crippen LogP) is -0.899. The summed E-state index contributed by atoms with van der Waals surface area (Å²) in [5, 5.41) is 5.13. The molecule has 0 aliphatic heterocycles. The zero-order valence-corrected chi connectivity index (χ0v) is 11.7. The van der Waals surface area contributed by atoms with Gasteiger partial charge in [-0.3, -0.25) is 9.59 Å². The van der Waals surface area contributed by atoms with Gasteiger partial charge in [0.05, 0.1) is 5.25 Å². The van der Waals surface area contributed by atoms with Gasteiger partial charge in [-0.1, -0.05) is 0 Å². The van der Waals surface area contributed by atoms with Crippen molar-refractivity contribution < 1.29 is 14.4 Å². The number of hydrogen-bond donors (Lipinski definition) is 2. The highest BCUT2D eigenvalue weighted by Gasteiger charge is 2.16. The fourth-order valence-electron chi connectivity index (χ4n) is 1.21. The molecule has 0 radical (unpaired) electrons. The standard InChI is InChI=1S/C11H21N3O3S/c1-12-3-5-14(2)11(17)7-10(8-15)18-6-4-13-9-16/h8-10,12H,3-7H2,1-2H3,(H,13,16). The molecule has 1 unspecified atom stereocenters. The Balaban J connectivity index is 3.91. The molecule has 0 aliphatic rings. The minimum atomic E-state index is -0.344. The quantitative estimate of drug-likeness (QED) is 0.377. The molecule has 18 heavy (non-hydrogen) atoms.